The zero-order valence-corrected chi connectivity index (χ0v) is 21.5. The van der Waals surface area contributed by atoms with Crippen LogP contribution in [0.3, 0.4) is 0 Å². The Morgan fingerprint density at radius 3 is 2.58 bits per heavy atom. The van der Waals surface area contributed by atoms with Crippen LogP contribution in [-0.4, -0.2) is 69.4 Å². The van der Waals surface area contributed by atoms with E-state index in [-0.39, 0.29) is 11.7 Å². The lowest BCUT2D eigenvalue weighted by Gasteiger charge is -2.26. The van der Waals surface area contributed by atoms with Gasteiger partial charge in [-0.2, -0.15) is 0 Å². The maximum atomic E-state index is 6.13. The van der Waals surface area contributed by atoms with Crippen LogP contribution >= 0.6 is 0 Å². The number of terminal acetylenes is 1. The van der Waals surface area contributed by atoms with Gasteiger partial charge in [0.05, 0.1) is 36.2 Å². The van der Waals surface area contributed by atoms with Gasteiger partial charge >= 0.3 is 0 Å². The average molecular weight is 511 g/mol. The smallest absolute Gasteiger partial charge is 0.270 e. The number of rotatable bonds is 8. The molecular weight excluding hydrogens is 480 g/mol. The number of aromatic nitrogens is 5. The van der Waals surface area contributed by atoms with Crippen LogP contribution < -0.4 is 11.1 Å². The number of nitrogens with two attached hydrogens (primary N) is 1. The number of hydrogen-bond acceptors (Lipinski definition) is 10. The molecule has 5 rings (SSSR count). The molecule has 10 heteroatoms. The van der Waals surface area contributed by atoms with Crippen LogP contribution in [0.5, 0.6) is 0 Å². The van der Waals surface area contributed by atoms with Gasteiger partial charge in [0, 0.05) is 49.2 Å². The Kier molecular flexibility index (Phi) is 7.31. The predicted octanol–water partition coefficient (Wildman–Crippen LogP) is 3.49. The highest BCUT2D eigenvalue weighted by atomic mass is 16.5. The summed E-state index contributed by atoms with van der Waals surface area (Å²) in [7, 11) is 0. The normalized spacial score (nSPS) is 14.2. The van der Waals surface area contributed by atoms with E-state index in [9.17, 15) is 0 Å². The summed E-state index contributed by atoms with van der Waals surface area (Å²) in [5.41, 5.74) is 9.91. The molecule has 3 aromatic heterocycles. The van der Waals surface area contributed by atoms with Gasteiger partial charge in [0.25, 0.3) is 5.89 Å². The van der Waals surface area contributed by atoms with Crippen LogP contribution in [0.4, 0.5) is 11.5 Å². The van der Waals surface area contributed by atoms with Gasteiger partial charge in [0.1, 0.15) is 0 Å². The summed E-state index contributed by atoms with van der Waals surface area (Å²) in [5.74, 6) is 3.52. The number of nitrogen functional groups attached to an aromatic ring is 1. The van der Waals surface area contributed by atoms with E-state index in [1.165, 1.54) is 0 Å². The fourth-order valence-electron chi connectivity index (χ4n) is 4.05. The minimum absolute atomic E-state index is 0.192. The minimum Gasteiger partial charge on any atom is -0.414 e. The van der Waals surface area contributed by atoms with Gasteiger partial charge in [-0.05, 0) is 50.2 Å². The van der Waals surface area contributed by atoms with E-state index in [2.05, 4.69) is 41.3 Å². The van der Waals surface area contributed by atoms with Crippen molar-refractivity contribution in [2.24, 2.45) is 0 Å². The standard InChI is InChI=1S/C28H30N8O2/c1-4-28(2,3)23-17-20(9-10-31-23)22-18-32-25(29)24(33-22)27-35-34-26(38-27)19-5-7-21(8-6-19)30-11-12-36-13-15-37-16-14-36/h1,5-10,17-18,30H,11-16H2,2-3H3,(H2,29,32). The SMILES string of the molecule is C#CC(C)(C)c1cc(-c2cnc(N)c(-c3nnc(-c4ccc(NCCN5CCOCC5)cc4)o3)n2)ccn1. The molecule has 0 radical (unpaired) electrons. The number of ether oxygens (including phenoxy) is 1. The summed E-state index contributed by atoms with van der Waals surface area (Å²) >= 11 is 0. The molecule has 0 unspecified atom stereocenters. The van der Waals surface area contributed by atoms with Gasteiger partial charge in [0.15, 0.2) is 11.5 Å². The summed E-state index contributed by atoms with van der Waals surface area (Å²) in [6, 6.07) is 11.6. The molecule has 4 heterocycles. The highest BCUT2D eigenvalue weighted by Gasteiger charge is 2.21. The van der Waals surface area contributed by atoms with Gasteiger partial charge in [-0.1, -0.05) is 5.92 Å². The third-order valence-electron chi connectivity index (χ3n) is 6.48. The highest BCUT2D eigenvalue weighted by molar-refractivity contribution is 5.69. The first-order chi connectivity index (χ1) is 18.4. The van der Waals surface area contributed by atoms with Crippen molar-refractivity contribution in [1.29, 1.82) is 0 Å². The molecule has 1 aromatic carbocycles. The van der Waals surface area contributed by atoms with Gasteiger partial charge in [-0.3, -0.25) is 9.88 Å². The van der Waals surface area contributed by atoms with E-state index in [0.717, 1.165) is 61.9 Å². The molecule has 0 aliphatic carbocycles. The summed E-state index contributed by atoms with van der Waals surface area (Å²) in [4.78, 5) is 15.8. The third kappa shape index (κ3) is 5.64. The fraction of sp³-hybridized carbons (Fsp3) is 0.321. The van der Waals surface area contributed by atoms with E-state index in [4.69, 9.17) is 21.3 Å². The van der Waals surface area contributed by atoms with Gasteiger partial charge in [0.2, 0.25) is 5.89 Å². The third-order valence-corrected chi connectivity index (χ3v) is 6.48. The molecule has 1 aliphatic heterocycles. The summed E-state index contributed by atoms with van der Waals surface area (Å²) < 4.78 is 11.3. The first kappa shape index (κ1) is 25.3. The van der Waals surface area contributed by atoms with Crippen molar-refractivity contribution in [3.05, 3.63) is 54.5 Å². The maximum Gasteiger partial charge on any atom is 0.270 e. The van der Waals surface area contributed by atoms with Crippen LogP contribution in [0.2, 0.25) is 0 Å². The lowest BCUT2D eigenvalue weighted by atomic mass is 9.89. The topological polar surface area (TPSA) is 128 Å². The van der Waals surface area contributed by atoms with Crippen LogP contribution in [0, 0.1) is 12.3 Å². The largest absolute Gasteiger partial charge is 0.414 e. The molecule has 0 spiro atoms. The minimum atomic E-state index is -0.519. The Balaban J connectivity index is 1.30. The summed E-state index contributed by atoms with van der Waals surface area (Å²) in [6.45, 7) is 9.27. The molecule has 194 valence electrons. The zero-order valence-electron chi connectivity index (χ0n) is 21.5. The average Bonchev–Trinajstić information content (AvgIpc) is 3.44. The Morgan fingerprint density at radius 2 is 1.82 bits per heavy atom. The molecule has 10 nitrogen and oxygen atoms in total. The maximum absolute atomic E-state index is 6.13. The molecule has 0 amide bonds. The van der Waals surface area contributed by atoms with Crippen molar-refractivity contribution in [1.82, 2.24) is 30.0 Å². The van der Waals surface area contributed by atoms with Crippen LogP contribution in [0.1, 0.15) is 19.5 Å². The lowest BCUT2D eigenvalue weighted by Crippen LogP contribution is -2.38. The van der Waals surface area contributed by atoms with Gasteiger partial charge in [-0.15, -0.1) is 16.6 Å². The second-order valence-corrected chi connectivity index (χ2v) is 9.56. The molecule has 3 N–H and O–H groups in total. The molecule has 1 fully saturated rings. The molecule has 4 aromatic rings. The van der Waals surface area contributed by atoms with E-state index in [1.807, 2.05) is 50.2 Å². The second kappa shape index (κ2) is 11.0. The van der Waals surface area contributed by atoms with Crippen molar-refractivity contribution in [2.75, 3.05) is 50.4 Å². The van der Waals surface area contributed by atoms with Crippen molar-refractivity contribution < 1.29 is 9.15 Å². The van der Waals surface area contributed by atoms with E-state index in [0.29, 0.717) is 17.3 Å². The number of nitrogens with one attached hydrogen (secondary N) is 1. The molecule has 38 heavy (non-hydrogen) atoms. The molecule has 0 atom stereocenters. The number of anilines is 2. The predicted molar refractivity (Wildman–Crippen MR) is 146 cm³/mol. The summed E-state index contributed by atoms with van der Waals surface area (Å²) in [6.07, 6.45) is 8.99. The number of benzene rings is 1. The number of nitrogens with zero attached hydrogens (tertiary/aromatic N) is 6. The molecular formula is C28H30N8O2. The second-order valence-electron chi connectivity index (χ2n) is 9.56. The van der Waals surface area contributed by atoms with Crippen molar-refractivity contribution in [3.63, 3.8) is 0 Å². The Bertz CT molecular complexity index is 1440. The number of hydrogen-bond donors (Lipinski definition) is 2. The van der Waals surface area contributed by atoms with Gasteiger partial charge < -0.3 is 20.2 Å². The number of morpholine rings is 1. The molecule has 0 saturated carbocycles. The van der Waals surface area contributed by atoms with Crippen LogP contribution in [0.25, 0.3) is 34.3 Å². The fourth-order valence-corrected chi connectivity index (χ4v) is 4.05. The van der Waals surface area contributed by atoms with Crippen LogP contribution in [0.15, 0.2) is 53.2 Å². The molecule has 1 saturated heterocycles. The van der Waals surface area contributed by atoms with E-state index >= 15 is 0 Å². The van der Waals surface area contributed by atoms with Crippen molar-refractivity contribution >= 4 is 11.5 Å². The van der Waals surface area contributed by atoms with E-state index in [1.54, 1.807) is 12.4 Å². The van der Waals surface area contributed by atoms with Crippen molar-refractivity contribution in [3.8, 4) is 46.6 Å². The number of pyridine rings is 1. The first-order valence-corrected chi connectivity index (χ1v) is 12.5. The van der Waals surface area contributed by atoms with Crippen molar-refractivity contribution in [2.45, 2.75) is 19.3 Å². The molecule has 0 bridgehead atoms. The van der Waals surface area contributed by atoms with Crippen LogP contribution in [-0.2, 0) is 10.2 Å². The Morgan fingerprint density at radius 1 is 1.05 bits per heavy atom. The monoisotopic (exact) mass is 510 g/mol. The lowest BCUT2D eigenvalue weighted by molar-refractivity contribution is 0.0398. The summed E-state index contributed by atoms with van der Waals surface area (Å²) in [5, 5.41) is 11.8. The molecule has 1 aliphatic rings. The quantitative estimate of drug-likeness (QED) is 0.340. The van der Waals surface area contributed by atoms with E-state index < -0.39 is 5.41 Å². The zero-order chi connectivity index (χ0) is 26.5. The van der Waals surface area contributed by atoms with Gasteiger partial charge in [-0.25, -0.2) is 9.97 Å². The Hall–Kier alpha value is -4.33. The Labute approximate surface area is 221 Å². The first-order valence-electron chi connectivity index (χ1n) is 12.5. The highest BCUT2D eigenvalue weighted by Crippen LogP contribution is 2.29.